The fraction of sp³-hybridized carbons (Fsp3) is 0.447. The van der Waals surface area contributed by atoms with E-state index in [0.717, 1.165) is 78.5 Å². The smallest absolute Gasteiger partial charge is 0.415 e. The van der Waals surface area contributed by atoms with Crippen LogP contribution in [0.5, 0.6) is 5.88 Å². The lowest BCUT2D eigenvalue weighted by atomic mass is 10.0. The Morgan fingerprint density at radius 3 is 2.42 bits per heavy atom. The second-order valence-electron chi connectivity index (χ2n) is 18.2. The summed E-state index contributed by atoms with van der Waals surface area (Å²) < 4.78 is 27.1. The first-order chi connectivity index (χ1) is 30.7. The van der Waals surface area contributed by atoms with Crippen molar-refractivity contribution in [3.8, 4) is 5.88 Å². The van der Waals surface area contributed by atoms with Gasteiger partial charge in [0.05, 0.1) is 24.8 Å². The van der Waals surface area contributed by atoms with Gasteiger partial charge in [-0.25, -0.2) is 23.9 Å². The first-order valence-electron chi connectivity index (χ1n) is 22.1. The summed E-state index contributed by atoms with van der Waals surface area (Å²) in [5.41, 5.74) is 7.72. The molecule has 0 aliphatic carbocycles. The first-order valence-corrected chi connectivity index (χ1v) is 22.1. The number of nitrogens with zero attached hydrogens (tertiary/aromatic N) is 8. The van der Waals surface area contributed by atoms with Crippen molar-refractivity contribution in [1.29, 1.82) is 0 Å². The van der Waals surface area contributed by atoms with Crippen molar-refractivity contribution in [2.45, 2.75) is 72.1 Å². The molecule has 7 heterocycles. The van der Waals surface area contributed by atoms with Crippen LogP contribution in [0.25, 0.3) is 0 Å². The van der Waals surface area contributed by atoms with E-state index in [1.165, 1.54) is 6.07 Å². The SMILES string of the molecule is Cc1cc(N2CC(N3CCN(C(=O)Cc4ccc(Nc5cc6c(cn5)CCN(c5cnc7c(c5C)N(C(=O)OC(C)(C)C)CCO7)C6)cc4F)CC3)C2)ccc1N1CCC(=O)NC1=O. The van der Waals surface area contributed by atoms with E-state index in [1.54, 1.807) is 28.1 Å². The standard InChI is InChI=1S/C47H55FN10O6/c1-29-20-35(8-9-38(29)57-13-11-41(59)52-45(57)61)56-27-36(28-56)53-14-16-54(17-15-53)42(60)22-31-6-7-34(23-37(31)48)51-40-21-33-26-55(12-10-32(33)24-49-40)39-25-50-44-43(30(39)2)58(18-19-63-44)46(62)64-47(3,4)5/h6-9,20-21,23-25,36H,10-19,22,26-28H2,1-5H3,(H,49,51)(H,52,59,61). The van der Waals surface area contributed by atoms with Crippen LogP contribution in [-0.2, 0) is 33.7 Å². The molecule has 4 aromatic rings. The molecule has 2 N–H and O–H groups in total. The Bertz CT molecular complexity index is 2500. The molecule has 9 rings (SSSR count). The molecular weight excluding hydrogens is 820 g/mol. The average molecular weight is 875 g/mol. The van der Waals surface area contributed by atoms with Crippen LogP contribution in [0, 0.1) is 19.7 Å². The summed E-state index contributed by atoms with van der Waals surface area (Å²) in [6, 6.07) is 12.9. The number of nitrogens with one attached hydrogen (secondary N) is 2. The number of rotatable bonds is 8. The molecule has 64 heavy (non-hydrogen) atoms. The predicted molar refractivity (Wildman–Crippen MR) is 241 cm³/mol. The predicted octanol–water partition coefficient (Wildman–Crippen LogP) is 5.69. The third-order valence-electron chi connectivity index (χ3n) is 12.7. The lowest BCUT2D eigenvalue weighted by molar-refractivity contribution is -0.132. The van der Waals surface area contributed by atoms with Gasteiger partial charge in [-0.2, -0.15) is 0 Å². The van der Waals surface area contributed by atoms with Crippen LogP contribution in [0.15, 0.2) is 54.9 Å². The minimum Gasteiger partial charge on any atom is -0.474 e. The molecule has 0 saturated carbocycles. The van der Waals surface area contributed by atoms with Gasteiger partial charge in [-0.3, -0.25) is 29.6 Å². The van der Waals surface area contributed by atoms with Crippen molar-refractivity contribution in [1.82, 2.24) is 25.1 Å². The van der Waals surface area contributed by atoms with Gasteiger partial charge in [-0.15, -0.1) is 0 Å². The number of piperazine rings is 1. The zero-order valence-electron chi connectivity index (χ0n) is 37.1. The number of aryl methyl sites for hydroxylation is 1. The molecule has 0 unspecified atom stereocenters. The van der Waals surface area contributed by atoms with Gasteiger partial charge in [0.15, 0.2) is 0 Å². The highest BCUT2D eigenvalue weighted by Gasteiger charge is 2.36. The highest BCUT2D eigenvalue weighted by molar-refractivity contribution is 6.06. The van der Waals surface area contributed by atoms with Gasteiger partial charge in [-0.1, -0.05) is 6.07 Å². The summed E-state index contributed by atoms with van der Waals surface area (Å²) in [7, 11) is 0. The van der Waals surface area contributed by atoms with E-state index in [4.69, 9.17) is 9.47 Å². The lowest BCUT2D eigenvalue weighted by Crippen LogP contribution is -2.63. The van der Waals surface area contributed by atoms with Crippen molar-refractivity contribution in [3.63, 3.8) is 0 Å². The number of amides is 5. The number of pyridine rings is 2. The highest BCUT2D eigenvalue weighted by Crippen LogP contribution is 2.40. The van der Waals surface area contributed by atoms with Gasteiger partial charge < -0.3 is 29.5 Å². The molecular formula is C47H55FN10O6. The number of fused-ring (bicyclic) bond motifs is 2. The number of imide groups is 1. The third-order valence-corrected chi connectivity index (χ3v) is 12.7. The van der Waals surface area contributed by atoms with Crippen molar-refractivity contribution in [2.75, 3.05) is 90.4 Å². The van der Waals surface area contributed by atoms with E-state index in [-0.39, 0.29) is 30.7 Å². The van der Waals surface area contributed by atoms with E-state index in [0.29, 0.717) is 74.0 Å². The molecule has 17 heteroatoms. The number of aromatic nitrogens is 2. The second-order valence-corrected chi connectivity index (χ2v) is 18.2. The van der Waals surface area contributed by atoms with E-state index >= 15 is 4.39 Å². The summed E-state index contributed by atoms with van der Waals surface area (Å²) in [6.07, 6.45) is 4.26. The van der Waals surface area contributed by atoms with Crippen molar-refractivity contribution < 1.29 is 33.0 Å². The van der Waals surface area contributed by atoms with Gasteiger partial charge in [-0.05, 0) is 99.7 Å². The molecule has 336 valence electrons. The molecule has 3 fully saturated rings. The molecule has 0 spiro atoms. The topological polar surface area (TPSA) is 156 Å². The molecule has 0 radical (unpaired) electrons. The van der Waals surface area contributed by atoms with Crippen molar-refractivity contribution in [2.24, 2.45) is 0 Å². The molecule has 2 aromatic heterocycles. The van der Waals surface area contributed by atoms with Gasteiger partial charge in [0, 0.05) is 100 Å². The van der Waals surface area contributed by atoms with Crippen LogP contribution >= 0.6 is 0 Å². The van der Waals surface area contributed by atoms with Gasteiger partial charge in [0.2, 0.25) is 17.7 Å². The number of carbonyl (C=O) groups is 4. The summed E-state index contributed by atoms with van der Waals surface area (Å²) in [5, 5.41) is 5.64. The second kappa shape index (κ2) is 17.2. The Morgan fingerprint density at radius 1 is 0.891 bits per heavy atom. The largest absolute Gasteiger partial charge is 0.474 e. The number of benzene rings is 2. The Balaban J connectivity index is 0.764. The monoisotopic (exact) mass is 874 g/mol. The zero-order valence-corrected chi connectivity index (χ0v) is 37.1. The number of anilines is 6. The molecule has 3 saturated heterocycles. The first kappa shape index (κ1) is 42.8. The Morgan fingerprint density at radius 2 is 1.69 bits per heavy atom. The minimum absolute atomic E-state index is 0.0143. The molecule has 0 bridgehead atoms. The van der Waals surface area contributed by atoms with E-state index in [1.807, 2.05) is 63.9 Å². The third kappa shape index (κ3) is 8.85. The number of hydrogen-bond acceptors (Lipinski definition) is 12. The Kier molecular flexibility index (Phi) is 11.5. The summed E-state index contributed by atoms with van der Waals surface area (Å²) >= 11 is 0. The molecule has 5 amide bonds. The molecule has 2 aromatic carbocycles. The lowest BCUT2D eigenvalue weighted by Gasteiger charge is -2.49. The molecule has 0 atom stereocenters. The Hall–Kier alpha value is -6.49. The van der Waals surface area contributed by atoms with Crippen LogP contribution in [0.4, 0.5) is 48.2 Å². The maximum atomic E-state index is 15.5. The van der Waals surface area contributed by atoms with Crippen molar-refractivity contribution >= 4 is 58.2 Å². The fourth-order valence-electron chi connectivity index (χ4n) is 9.22. The average Bonchev–Trinajstić information content (AvgIpc) is 3.24. The highest BCUT2D eigenvalue weighted by atomic mass is 19.1. The quantitative estimate of drug-likeness (QED) is 0.223. The maximum absolute atomic E-state index is 15.5. The van der Waals surface area contributed by atoms with Crippen LogP contribution in [0.1, 0.15) is 55.0 Å². The number of carbonyl (C=O) groups excluding carboxylic acids is 4. The van der Waals surface area contributed by atoms with Crippen LogP contribution in [0.2, 0.25) is 0 Å². The minimum atomic E-state index is -0.642. The summed E-state index contributed by atoms with van der Waals surface area (Å²) in [4.78, 5) is 71.8. The van der Waals surface area contributed by atoms with Gasteiger partial charge >= 0.3 is 12.1 Å². The number of urea groups is 1. The zero-order chi connectivity index (χ0) is 44.9. The maximum Gasteiger partial charge on any atom is 0.415 e. The normalized spacial score (nSPS) is 18.2. The van der Waals surface area contributed by atoms with E-state index in [2.05, 4.69) is 41.4 Å². The van der Waals surface area contributed by atoms with Gasteiger partial charge in [0.1, 0.15) is 29.5 Å². The van der Waals surface area contributed by atoms with E-state index < -0.39 is 17.5 Å². The van der Waals surface area contributed by atoms with E-state index in [9.17, 15) is 19.2 Å². The Labute approximate surface area is 372 Å². The number of halogens is 1. The van der Waals surface area contributed by atoms with Crippen LogP contribution in [0.3, 0.4) is 0 Å². The fourth-order valence-corrected chi connectivity index (χ4v) is 9.22. The number of ether oxygens (including phenoxy) is 2. The number of hydrogen-bond donors (Lipinski definition) is 2. The van der Waals surface area contributed by atoms with Crippen LogP contribution in [-0.4, -0.2) is 121 Å². The summed E-state index contributed by atoms with van der Waals surface area (Å²) in [6.45, 7) is 16.3. The molecule has 5 aliphatic heterocycles. The molecule has 5 aliphatic rings. The van der Waals surface area contributed by atoms with Crippen molar-refractivity contribution in [3.05, 3.63) is 88.5 Å². The summed E-state index contributed by atoms with van der Waals surface area (Å²) in [5.74, 6) is 0.202. The van der Waals surface area contributed by atoms with Gasteiger partial charge in [0.25, 0.3) is 0 Å². The van der Waals surface area contributed by atoms with Crippen LogP contribution < -0.4 is 35.0 Å². The molecule has 16 nitrogen and oxygen atoms in total.